The van der Waals surface area contributed by atoms with Gasteiger partial charge in [-0.25, -0.2) is 9.78 Å². The number of carboxylic acid groups (broad SMARTS) is 1. The highest BCUT2D eigenvalue weighted by molar-refractivity contribution is 6.00. The van der Waals surface area contributed by atoms with E-state index in [1.165, 1.54) is 6.20 Å². The van der Waals surface area contributed by atoms with Crippen molar-refractivity contribution in [3.05, 3.63) is 54.2 Å². The molecule has 168 valence electrons. The maximum atomic E-state index is 13.1. The van der Waals surface area contributed by atoms with Crippen molar-refractivity contribution in [2.24, 2.45) is 5.41 Å². The first-order valence-corrected chi connectivity index (χ1v) is 10.1. The normalized spacial score (nSPS) is 12.8. The fourth-order valence-corrected chi connectivity index (χ4v) is 3.46. The van der Waals surface area contributed by atoms with Gasteiger partial charge in [-0.1, -0.05) is 34.3 Å². The van der Waals surface area contributed by atoms with Gasteiger partial charge in [0, 0.05) is 6.07 Å². The summed E-state index contributed by atoms with van der Waals surface area (Å²) >= 11 is 0. The van der Waals surface area contributed by atoms with Crippen molar-refractivity contribution in [1.29, 1.82) is 5.26 Å². The van der Waals surface area contributed by atoms with Crippen molar-refractivity contribution in [2.45, 2.75) is 46.6 Å². The predicted octanol–water partition coefficient (Wildman–Crippen LogP) is 5.18. The van der Waals surface area contributed by atoms with Crippen molar-refractivity contribution in [2.75, 3.05) is 5.32 Å². The molecule has 2 aromatic rings. The van der Waals surface area contributed by atoms with E-state index in [0.29, 0.717) is 28.4 Å². The van der Waals surface area contributed by atoms with Crippen LogP contribution in [0.4, 0.5) is 10.5 Å². The summed E-state index contributed by atoms with van der Waals surface area (Å²) in [6.45, 7) is 12.9. The summed E-state index contributed by atoms with van der Waals surface area (Å²) in [5.41, 5.74) is 0.347. The first kappa shape index (κ1) is 24.4. The zero-order valence-electron chi connectivity index (χ0n) is 18.9. The molecule has 0 radical (unpaired) electrons. The highest BCUT2D eigenvalue weighted by Gasteiger charge is 2.48. The number of carbonyl (C=O) groups is 2. The number of nitrogens with one attached hydrogen (secondary N) is 2. The molecule has 3 N–H and O–H groups in total. The minimum atomic E-state index is -1.32. The van der Waals surface area contributed by atoms with Gasteiger partial charge in [0.25, 0.3) is 5.91 Å². The first-order valence-electron chi connectivity index (χ1n) is 10.1. The van der Waals surface area contributed by atoms with E-state index in [9.17, 15) is 20.0 Å². The van der Waals surface area contributed by atoms with Gasteiger partial charge in [-0.05, 0) is 54.2 Å². The Balaban J connectivity index is 2.21. The highest BCUT2D eigenvalue weighted by Crippen LogP contribution is 2.35. The molecule has 0 bridgehead atoms. The molecule has 0 unspecified atom stereocenters. The van der Waals surface area contributed by atoms with Gasteiger partial charge in [-0.3, -0.25) is 4.79 Å². The molecule has 0 fully saturated rings. The SMILES string of the molecule is C=C(C)c1cc(Oc2ccc(NC(=O)[C@](CC)(NC(=O)O)C(C)(C)C)cn2)ccc1C#N. The fourth-order valence-electron chi connectivity index (χ4n) is 3.46. The van der Waals surface area contributed by atoms with Crippen molar-refractivity contribution in [1.82, 2.24) is 10.3 Å². The molecular weight excluding hydrogens is 408 g/mol. The topological polar surface area (TPSA) is 124 Å². The van der Waals surface area contributed by atoms with Crippen LogP contribution in [0.15, 0.2) is 43.1 Å². The minimum Gasteiger partial charge on any atom is -0.465 e. The van der Waals surface area contributed by atoms with E-state index >= 15 is 0 Å². The Hall–Kier alpha value is -3.86. The third kappa shape index (κ3) is 5.24. The Morgan fingerprint density at radius 2 is 1.94 bits per heavy atom. The van der Waals surface area contributed by atoms with Gasteiger partial charge in [0.05, 0.1) is 23.5 Å². The van der Waals surface area contributed by atoms with Crippen LogP contribution in [0.25, 0.3) is 5.57 Å². The molecule has 1 heterocycles. The van der Waals surface area contributed by atoms with E-state index in [0.717, 1.165) is 5.57 Å². The molecule has 0 spiro atoms. The van der Waals surface area contributed by atoms with Crippen LogP contribution in [0.5, 0.6) is 11.6 Å². The average molecular weight is 437 g/mol. The minimum absolute atomic E-state index is 0.271. The summed E-state index contributed by atoms with van der Waals surface area (Å²) in [6, 6.07) is 10.4. The number of aromatic nitrogens is 1. The highest BCUT2D eigenvalue weighted by atomic mass is 16.5. The number of ether oxygens (including phenoxy) is 1. The van der Waals surface area contributed by atoms with Crippen LogP contribution in [0.2, 0.25) is 0 Å². The van der Waals surface area contributed by atoms with Gasteiger partial charge in [-0.15, -0.1) is 0 Å². The number of benzene rings is 1. The quantitative estimate of drug-likeness (QED) is 0.549. The monoisotopic (exact) mass is 436 g/mol. The molecule has 8 heteroatoms. The number of amides is 2. The molecular formula is C24H28N4O4. The van der Waals surface area contributed by atoms with E-state index in [1.54, 1.807) is 58.0 Å². The van der Waals surface area contributed by atoms with E-state index in [1.807, 2.05) is 6.92 Å². The van der Waals surface area contributed by atoms with Gasteiger partial charge >= 0.3 is 6.09 Å². The molecule has 1 atom stereocenters. The molecule has 8 nitrogen and oxygen atoms in total. The molecule has 32 heavy (non-hydrogen) atoms. The van der Waals surface area contributed by atoms with Gasteiger partial charge in [0.15, 0.2) is 0 Å². The van der Waals surface area contributed by atoms with Crippen LogP contribution in [0.1, 0.15) is 52.2 Å². The van der Waals surface area contributed by atoms with Gasteiger partial charge < -0.3 is 20.5 Å². The Labute approximate surface area is 187 Å². The Kier molecular flexibility index (Phi) is 7.26. The molecule has 0 saturated heterocycles. The number of carbonyl (C=O) groups excluding carboxylic acids is 1. The van der Waals surface area contributed by atoms with Crippen LogP contribution in [-0.2, 0) is 4.79 Å². The van der Waals surface area contributed by atoms with Gasteiger partial charge in [0.2, 0.25) is 5.88 Å². The molecule has 0 saturated carbocycles. The molecule has 2 amide bonds. The van der Waals surface area contributed by atoms with Gasteiger partial charge in [-0.2, -0.15) is 5.26 Å². The first-order chi connectivity index (χ1) is 14.9. The van der Waals surface area contributed by atoms with Crippen LogP contribution < -0.4 is 15.4 Å². The molecule has 1 aromatic carbocycles. The third-order valence-electron chi connectivity index (χ3n) is 5.31. The van der Waals surface area contributed by atoms with E-state index in [-0.39, 0.29) is 6.42 Å². The molecule has 1 aromatic heterocycles. The third-order valence-corrected chi connectivity index (χ3v) is 5.31. The number of allylic oxidation sites excluding steroid dienone is 1. The standard InChI is InChI=1S/C24H28N4O4/c1-7-24(23(4,5)6,28-22(30)31)21(29)27-17-9-11-20(26-14-17)32-18-10-8-16(13-25)19(12-18)15(2)3/h8-12,14,28H,2,7H2,1,3-6H3,(H,27,29)(H,30,31)/t24-/m0/s1. The number of pyridine rings is 1. The number of nitriles is 1. The van der Waals surface area contributed by atoms with Crippen LogP contribution in [0, 0.1) is 16.7 Å². The smallest absolute Gasteiger partial charge is 0.405 e. The van der Waals surface area contributed by atoms with Crippen molar-refractivity contribution in [3.63, 3.8) is 0 Å². The number of rotatable bonds is 7. The Bertz CT molecular complexity index is 1060. The van der Waals surface area contributed by atoms with Crippen LogP contribution >= 0.6 is 0 Å². The van der Waals surface area contributed by atoms with E-state index in [2.05, 4.69) is 28.3 Å². The molecule has 0 aliphatic rings. The predicted molar refractivity (Wildman–Crippen MR) is 122 cm³/mol. The molecule has 0 aliphatic carbocycles. The zero-order valence-corrected chi connectivity index (χ0v) is 18.9. The lowest BCUT2D eigenvalue weighted by atomic mass is 9.71. The lowest BCUT2D eigenvalue weighted by molar-refractivity contribution is -0.126. The largest absolute Gasteiger partial charge is 0.465 e. The fraction of sp³-hybridized carbons (Fsp3) is 0.333. The summed E-state index contributed by atoms with van der Waals surface area (Å²) in [7, 11) is 0. The second-order valence-electron chi connectivity index (χ2n) is 8.48. The number of nitrogens with zero attached hydrogens (tertiary/aromatic N) is 2. The number of hydrogen-bond acceptors (Lipinski definition) is 5. The van der Waals surface area contributed by atoms with Crippen LogP contribution in [-0.4, -0.2) is 27.6 Å². The maximum Gasteiger partial charge on any atom is 0.405 e. The lowest BCUT2D eigenvalue weighted by Gasteiger charge is -2.42. The van der Waals surface area contributed by atoms with E-state index < -0.39 is 23.0 Å². The van der Waals surface area contributed by atoms with E-state index in [4.69, 9.17) is 4.74 Å². The van der Waals surface area contributed by atoms with Crippen molar-refractivity contribution >= 4 is 23.3 Å². The van der Waals surface area contributed by atoms with Crippen molar-refractivity contribution < 1.29 is 19.4 Å². The maximum absolute atomic E-state index is 13.1. The number of anilines is 1. The Morgan fingerprint density at radius 1 is 1.25 bits per heavy atom. The zero-order chi connectivity index (χ0) is 24.1. The molecule has 2 rings (SSSR count). The second kappa shape index (κ2) is 9.52. The van der Waals surface area contributed by atoms with Crippen molar-refractivity contribution in [3.8, 4) is 17.7 Å². The average Bonchev–Trinajstić information content (AvgIpc) is 2.72. The van der Waals surface area contributed by atoms with Gasteiger partial charge in [0.1, 0.15) is 11.3 Å². The lowest BCUT2D eigenvalue weighted by Crippen LogP contribution is -2.63. The summed E-state index contributed by atoms with van der Waals surface area (Å²) in [5.74, 6) is 0.319. The summed E-state index contributed by atoms with van der Waals surface area (Å²) in [5, 5.41) is 23.6. The number of hydrogen-bond donors (Lipinski definition) is 3. The van der Waals surface area contributed by atoms with Crippen LogP contribution in [0.3, 0.4) is 0 Å². The molecule has 0 aliphatic heterocycles. The summed E-state index contributed by atoms with van der Waals surface area (Å²) in [6.07, 6.45) is 0.434. The summed E-state index contributed by atoms with van der Waals surface area (Å²) < 4.78 is 5.76. The summed E-state index contributed by atoms with van der Waals surface area (Å²) in [4.78, 5) is 28.6. The second-order valence-corrected chi connectivity index (χ2v) is 8.48. The Morgan fingerprint density at radius 3 is 2.41 bits per heavy atom.